The number of halogens is 1. The van der Waals surface area contributed by atoms with Crippen molar-refractivity contribution in [2.24, 2.45) is 0 Å². The van der Waals surface area contributed by atoms with E-state index >= 15 is 0 Å². The molecule has 2 aliphatic rings. The monoisotopic (exact) mass is 390 g/mol. The van der Waals surface area contributed by atoms with Crippen molar-refractivity contribution in [3.05, 3.63) is 41.6 Å². The van der Waals surface area contributed by atoms with Crippen molar-refractivity contribution in [1.82, 2.24) is 20.0 Å². The Morgan fingerprint density at radius 3 is 2.79 bits per heavy atom. The highest BCUT2D eigenvalue weighted by Crippen LogP contribution is 2.25. The van der Waals surface area contributed by atoms with E-state index in [0.717, 1.165) is 57.9 Å². The molecule has 0 atom stereocenters. The number of nitrogens with zero attached hydrogens (tertiary/aromatic N) is 4. The molecule has 0 aliphatic carbocycles. The summed E-state index contributed by atoms with van der Waals surface area (Å²) in [7, 11) is 0. The van der Waals surface area contributed by atoms with Crippen LogP contribution in [0.2, 0.25) is 0 Å². The number of rotatable bonds is 7. The molecule has 7 nitrogen and oxygen atoms in total. The van der Waals surface area contributed by atoms with Gasteiger partial charge in [0.2, 0.25) is 5.89 Å². The Balaban J connectivity index is 1.16. The van der Waals surface area contributed by atoms with Gasteiger partial charge in [-0.05, 0) is 31.7 Å². The number of likely N-dealkylation sites (tertiary alicyclic amines) is 1. The first-order valence-electron chi connectivity index (χ1n) is 10.1. The van der Waals surface area contributed by atoms with E-state index in [0.29, 0.717) is 36.9 Å². The molecule has 0 saturated carbocycles. The molecule has 0 radical (unpaired) electrons. The van der Waals surface area contributed by atoms with Gasteiger partial charge < -0.3 is 14.0 Å². The standard InChI is InChI=1S/C20H27FN4O3/c21-18-13-22-7-1-16(18)14-25-8-2-17(3-9-25)27-12-6-19-23-20(28-24-19)15-4-10-26-11-5-15/h1,7,13,15,17H,2-6,8-12,14H2. The minimum absolute atomic E-state index is 0.235. The lowest BCUT2D eigenvalue weighted by atomic mass is 10.0. The van der Waals surface area contributed by atoms with Gasteiger partial charge in [-0.2, -0.15) is 4.98 Å². The van der Waals surface area contributed by atoms with Gasteiger partial charge in [-0.15, -0.1) is 0 Å². The van der Waals surface area contributed by atoms with Gasteiger partial charge in [0.1, 0.15) is 5.82 Å². The summed E-state index contributed by atoms with van der Waals surface area (Å²) in [6.45, 7) is 4.55. The van der Waals surface area contributed by atoms with Crippen LogP contribution in [0.3, 0.4) is 0 Å². The predicted molar refractivity (Wildman–Crippen MR) is 99.2 cm³/mol. The summed E-state index contributed by atoms with van der Waals surface area (Å²) >= 11 is 0. The van der Waals surface area contributed by atoms with Gasteiger partial charge >= 0.3 is 0 Å². The van der Waals surface area contributed by atoms with Crippen molar-refractivity contribution < 1.29 is 18.4 Å². The third-order valence-corrected chi connectivity index (χ3v) is 5.52. The van der Waals surface area contributed by atoms with Crippen molar-refractivity contribution in [2.75, 3.05) is 32.9 Å². The fourth-order valence-corrected chi connectivity index (χ4v) is 3.80. The molecule has 4 rings (SSSR count). The van der Waals surface area contributed by atoms with Gasteiger partial charge in [0.05, 0.1) is 18.9 Å². The molecule has 28 heavy (non-hydrogen) atoms. The molecule has 2 aromatic heterocycles. The van der Waals surface area contributed by atoms with E-state index in [9.17, 15) is 4.39 Å². The molecule has 0 spiro atoms. The van der Waals surface area contributed by atoms with Crippen LogP contribution >= 0.6 is 0 Å². The Labute approximate surface area is 164 Å². The Morgan fingerprint density at radius 1 is 1.18 bits per heavy atom. The molecule has 8 heteroatoms. The van der Waals surface area contributed by atoms with Crippen LogP contribution in [0.4, 0.5) is 4.39 Å². The van der Waals surface area contributed by atoms with E-state index in [1.807, 2.05) is 0 Å². The van der Waals surface area contributed by atoms with Crippen LogP contribution in [0.15, 0.2) is 23.0 Å². The van der Waals surface area contributed by atoms with Gasteiger partial charge in [-0.3, -0.25) is 9.88 Å². The van der Waals surface area contributed by atoms with Gasteiger partial charge in [-0.1, -0.05) is 5.16 Å². The van der Waals surface area contributed by atoms with Crippen LogP contribution in [-0.4, -0.2) is 59.0 Å². The van der Waals surface area contributed by atoms with Gasteiger partial charge in [-0.25, -0.2) is 4.39 Å². The second-order valence-corrected chi connectivity index (χ2v) is 7.50. The van der Waals surface area contributed by atoms with Gasteiger partial charge in [0.15, 0.2) is 5.82 Å². The maximum Gasteiger partial charge on any atom is 0.229 e. The molecule has 0 unspecified atom stereocenters. The summed E-state index contributed by atoms with van der Waals surface area (Å²) in [5.74, 6) is 1.54. The number of hydrogen-bond donors (Lipinski definition) is 0. The number of aromatic nitrogens is 3. The highest BCUT2D eigenvalue weighted by Gasteiger charge is 2.23. The van der Waals surface area contributed by atoms with Crippen LogP contribution in [0, 0.1) is 5.82 Å². The second kappa shape index (κ2) is 9.54. The quantitative estimate of drug-likeness (QED) is 0.720. The smallest absolute Gasteiger partial charge is 0.229 e. The predicted octanol–water partition coefficient (Wildman–Crippen LogP) is 2.72. The zero-order valence-corrected chi connectivity index (χ0v) is 16.1. The third kappa shape index (κ3) is 5.12. The number of piperidine rings is 1. The van der Waals surface area contributed by atoms with Crippen molar-refractivity contribution in [1.29, 1.82) is 0 Å². The molecular formula is C20H27FN4O3. The summed E-state index contributed by atoms with van der Waals surface area (Å²) in [5, 5.41) is 4.09. The van der Waals surface area contributed by atoms with Crippen LogP contribution in [-0.2, 0) is 22.4 Å². The first kappa shape index (κ1) is 19.4. The second-order valence-electron chi connectivity index (χ2n) is 7.50. The maximum absolute atomic E-state index is 13.7. The third-order valence-electron chi connectivity index (χ3n) is 5.52. The molecule has 4 heterocycles. The highest BCUT2D eigenvalue weighted by atomic mass is 19.1. The van der Waals surface area contributed by atoms with Gasteiger partial charge in [0.25, 0.3) is 0 Å². The van der Waals surface area contributed by atoms with Crippen molar-refractivity contribution in [2.45, 2.75) is 50.7 Å². The molecule has 152 valence electrons. The molecule has 0 aromatic carbocycles. The first-order valence-corrected chi connectivity index (χ1v) is 10.1. The van der Waals surface area contributed by atoms with Crippen LogP contribution in [0.1, 0.15) is 48.9 Å². The lowest BCUT2D eigenvalue weighted by Crippen LogP contribution is -2.37. The summed E-state index contributed by atoms with van der Waals surface area (Å²) in [5.41, 5.74) is 0.701. The molecular weight excluding hydrogens is 363 g/mol. The Bertz CT molecular complexity index is 743. The summed E-state index contributed by atoms with van der Waals surface area (Å²) < 4.78 is 30.5. The van der Waals surface area contributed by atoms with Crippen LogP contribution < -0.4 is 0 Å². The average molecular weight is 390 g/mol. The van der Waals surface area contributed by atoms with Crippen LogP contribution in [0.25, 0.3) is 0 Å². The minimum Gasteiger partial charge on any atom is -0.381 e. The zero-order valence-electron chi connectivity index (χ0n) is 16.1. The maximum atomic E-state index is 13.7. The Morgan fingerprint density at radius 2 is 2.00 bits per heavy atom. The molecule has 0 N–H and O–H groups in total. The van der Waals surface area contributed by atoms with E-state index in [2.05, 4.69) is 20.0 Å². The van der Waals surface area contributed by atoms with Crippen molar-refractivity contribution in [3.63, 3.8) is 0 Å². The number of hydrogen-bond acceptors (Lipinski definition) is 7. The van der Waals surface area contributed by atoms with E-state index in [4.69, 9.17) is 14.0 Å². The molecule has 2 saturated heterocycles. The first-order chi connectivity index (χ1) is 13.8. The summed E-state index contributed by atoms with van der Waals surface area (Å²) in [6, 6.07) is 1.75. The normalized spacial score (nSPS) is 19.9. The van der Waals surface area contributed by atoms with Gasteiger partial charge in [0, 0.05) is 56.9 Å². The minimum atomic E-state index is -0.235. The molecule has 2 aromatic rings. The molecule has 0 bridgehead atoms. The lowest BCUT2D eigenvalue weighted by molar-refractivity contribution is 0.00658. The highest BCUT2D eigenvalue weighted by molar-refractivity contribution is 5.12. The van der Waals surface area contributed by atoms with Crippen molar-refractivity contribution in [3.8, 4) is 0 Å². The largest absolute Gasteiger partial charge is 0.381 e. The lowest BCUT2D eigenvalue weighted by Gasteiger charge is -2.31. The topological polar surface area (TPSA) is 73.5 Å². The summed E-state index contributed by atoms with van der Waals surface area (Å²) in [6.07, 6.45) is 7.60. The van der Waals surface area contributed by atoms with E-state index in [-0.39, 0.29) is 11.9 Å². The van der Waals surface area contributed by atoms with Crippen LogP contribution in [0.5, 0.6) is 0 Å². The van der Waals surface area contributed by atoms with E-state index in [1.165, 1.54) is 6.20 Å². The van der Waals surface area contributed by atoms with Crippen molar-refractivity contribution >= 4 is 0 Å². The summed E-state index contributed by atoms with van der Waals surface area (Å²) in [4.78, 5) is 10.6. The molecule has 2 fully saturated rings. The zero-order chi connectivity index (χ0) is 19.2. The number of ether oxygens (including phenoxy) is 2. The van der Waals surface area contributed by atoms with E-state index in [1.54, 1.807) is 12.3 Å². The number of pyridine rings is 1. The van der Waals surface area contributed by atoms with E-state index < -0.39 is 0 Å². The molecule has 2 aliphatic heterocycles. The fraction of sp³-hybridized carbons (Fsp3) is 0.650. The fourth-order valence-electron chi connectivity index (χ4n) is 3.80. The molecule has 0 amide bonds. The Kier molecular flexibility index (Phi) is 6.61. The Hall–Kier alpha value is -1.90. The SMILES string of the molecule is Fc1cnccc1CN1CCC(OCCc2noc(C3CCOCC3)n2)CC1. The average Bonchev–Trinajstić information content (AvgIpc) is 3.21.